The normalized spacial score (nSPS) is 12.6. The molecule has 2 heteroatoms. The van der Waals surface area contributed by atoms with Gasteiger partial charge in [-0.25, -0.2) is 0 Å². The van der Waals surface area contributed by atoms with Gasteiger partial charge >= 0.3 is 0 Å². The van der Waals surface area contributed by atoms with Gasteiger partial charge in [-0.3, -0.25) is 4.79 Å². The molecule has 15 heavy (non-hydrogen) atoms. The maximum absolute atomic E-state index is 12.0. The van der Waals surface area contributed by atoms with Crippen LogP contribution in [0.5, 0.6) is 0 Å². The molecule has 0 aliphatic carbocycles. The molecule has 0 heterocycles. The van der Waals surface area contributed by atoms with Crippen molar-refractivity contribution in [1.82, 2.24) is 0 Å². The number of benzene rings is 1. The van der Waals surface area contributed by atoms with Gasteiger partial charge in [0.2, 0.25) is 0 Å². The van der Waals surface area contributed by atoms with Crippen LogP contribution in [0.1, 0.15) is 41.8 Å². The Bertz CT molecular complexity index is 382. The van der Waals surface area contributed by atoms with Crippen molar-refractivity contribution >= 4 is 17.4 Å². The van der Waals surface area contributed by atoms with E-state index in [0.717, 1.165) is 28.1 Å². The summed E-state index contributed by atoms with van der Waals surface area (Å²) in [6.45, 7) is 7.85. The van der Waals surface area contributed by atoms with E-state index in [4.69, 9.17) is 11.6 Å². The van der Waals surface area contributed by atoms with Gasteiger partial charge in [-0.1, -0.05) is 25.4 Å². The van der Waals surface area contributed by atoms with Crippen LogP contribution in [0.15, 0.2) is 12.1 Å². The predicted molar refractivity (Wildman–Crippen MR) is 64.7 cm³/mol. The number of ketones is 1. The summed E-state index contributed by atoms with van der Waals surface area (Å²) in [6.07, 6.45) is 0.875. The van der Waals surface area contributed by atoms with Crippen LogP contribution in [0.3, 0.4) is 0 Å². The van der Waals surface area contributed by atoms with Crippen molar-refractivity contribution in [2.45, 2.75) is 34.1 Å². The van der Waals surface area contributed by atoms with Crippen molar-refractivity contribution in [3.05, 3.63) is 33.8 Å². The molecule has 0 saturated carbocycles. The predicted octanol–water partition coefficient (Wildman–Crippen LogP) is 4.19. The van der Waals surface area contributed by atoms with Crippen molar-refractivity contribution in [1.29, 1.82) is 0 Å². The zero-order valence-corrected chi connectivity index (χ0v) is 10.5. The van der Waals surface area contributed by atoms with Crippen LogP contribution >= 0.6 is 11.6 Å². The number of carbonyl (C=O) groups is 1. The standard InChI is InChI=1S/C13H17ClO/c1-5-8(2)13(15)11-6-10(4)12(14)7-9(11)3/h6-8H,5H2,1-4H3. The Hall–Kier alpha value is -0.820. The monoisotopic (exact) mass is 224 g/mol. The summed E-state index contributed by atoms with van der Waals surface area (Å²) in [6, 6.07) is 3.76. The molecule has 0 amide bonds. The smallest absolute Gasteiger partial charge is 0.165 e. The number of hydrogen-bond donors (Lipinski definition) is 0. The first-order valence-electron chi connectivity index (χ1n) is 5.28. The molecule has 0 aliphatic rings. The Morgan fingerprint density at radius 2 is 1.93 bits per heavy atom. The first-order chi connectivity index (χ1) is 6.97. The van der Waals surface area contributed by atoms with Gasteiger partial charge in [-0.05, 0) is 43.5 Å². The van der Waals surface area contributed by atoms with Gasteiger partial charge in [-0.2, -0.15) is 0 Å². The van der Waals surface area contributed by atoms with Crippen LogP contribution in [0.25, 0.3) is 0 Å². The average Bonchev–Trinajstić information content (AvgIpc) is 2.21. The molecular formula is C13H17ClO. The minimum absolute atomic E-state index is 0.0873. The Balaban J connectivity index is 3.15. The minimum atomic E-state index is 0.0873. The summed E-state index contributed by atoms with van der Waals surface area (Å²) >= 11 is 5.99. The first-order valence-corrected chi connectivity index (χ1v) is 5.66. The van der Waals surface area contributed by atoms with Crippen LogP contribution in [0, 0.1) is 19.8 Å². The van der Waals surface area contributed by atoms with E-state index in [1.807, 2.05) is 39.8 Å². The number of aryl methyl sites for hydroxylation is 2. The van der Waals surface area contributed by atoms with Gasteiger partial charge in [0, 0.05) is 16.5 Å². The molecule has 82 valence electrons. The molecule has 1 aromatic rings. The third-order valence-corrected chi connectivity index (χ3v) is 3.24. The fourth-order valence-corrected chi connectivity index (χ4v) is 1.72. The van der Waals surface area contributed by atoms with E-state index < -0.39 is 0 Å². The summed E-state index contributed by atoms with van der Waals surface area (Å²) in [7, 11) is 0. The Morgan fingerprint density at radius 1 is 1.33 bits per heavy atom. The zero-order valence-electron chi connectivity index (χ0n) is 9.73. The van der Waals surface area contributed by atoms with Gasteiger partial charge in [-0.15, -0.1) is 0 Å². The molecule has 1 nitrogen and oxygen atoms in total. The fourth-order valence-electron chi connectivity index (χ4n) is 1.50. The Labute approximate surface area is 96.5 Å². The topological polar surface area (TPSA) is 17.1 Å². The third kappa shape index (κ3) is 2.60. The molecule has 1 rings (SSSR count). The van der Waals surface area contributed by atoms with E-state index in [9.17, 15) is 4.79 Å². The molecule has 0 fully saturated rings. The highest BCUT2D eigenvalue weighted by atomic mass is 35.5. The lowest BCUT2D eigenvalue weighted by molar-refractivity contribution is 0.0926. The highest BCUT2D eigenvalue weighted by Gasteiger charge is 2.16. The summed E-state index contributed by atoms with van der Waals surface area (Å²) in [5.41, 5.74) is 2.75. The van der Waals surface area contributed by atoms with Crippen LogP contribution in [0.2, 0.25) is 5.02 Å². The van der Waals surface area contributed by atoms with Crippen molar-refractivity contribution in [3.63, 3.8) is 0 Å². The number of hydrogen-bond acceptors (Lipinski definition) is 1. The molecule has 0 radical (unpaired) electrons. The fraction of sp³-hybridized carbons (Fsp3) is 0.462. The molecule has 1 aromatic carbocycles. The number of carbonyl (C=O) groups excluding carboxylic acids is 1. The quantitative estimate of drug-likeness (QED) is 0.704. The van der Waals surface area contributed by atoms with E-state index in [1.54, 1.807) is 0 Å². The largest absolute Gasteiger partial charge is 0.294 e. The summed E-state index contributed by atoms with van der Waals surface area (Å²) in [4.78, 5) is 12.0. The lowest BCUT2D eigenvalue weighted by Gasteiger charge is -2.11. The lowest BCUT2D eigenvalue weighted by Crippen LogP contribution is -2.12. The average molecular weight is 225 g/mol. The van der Waals surface area contributed by atoms with Crippen molar-refractivity contribution < 1.29 is 4.79 Å². The Morgan fingerprint density at radius 3 is 2.47 bits per heavy atom. The van der Waals surface area contributed by atoms with E-state index >= 15 is 0 Å². The number of halogens is 1. The second kappa shape index (κ2) is 4.80. The van der Waals surface area contributed by atoms with Gasteiger partial charge in [0.05, 0.1) is 0 Å². The zero-order chi connectivity index (χ0) is 11.6. The molecule has 1 unspecified atom stereocenters. The second-order valence-electron chi connectivity index (χ2n) is 4.09. The minimum Gasteiger partial charge on any atom is -0.294 e. The molecule has 0 aliphatic heterocycles. The van der Waals surface area contributed by atoms with E-state index in [-0.39, 0.29) is 11.7 Å². The van der Waals surface area contributed by atoms with Crippen LogP contribution in [-0.2, 0) is 0 Å². The Kier molecular flexibility index (Phi) is 3.92. The first kappa shape index (κ1) is 12.3. The maximum atomic E-state index is 12.0. The molecule has 0 spiro atoms. The van der Waals surface area contributed by atoms with E-state index in [2.05, 4.69) is 0 Å². The molecule has 0 N–H and O–H groups in total. The van der Waals surface area contributed by atoms with Gasteiger partial charge < -0.3 is 0 Å². The van der Waals surface area contributed by atoms with Crippen LogP contribution in [0.4, 0.5) is 0 Å². The lowest BCUT2D eigenvalue weighted by atomic mass is 9.93. The van der Waals surface area contributed by atoms with Gasteiger partial charge in [0.1, 0.15) is 0 Å². The van der Waals surface area contributed by atoms with Gasteiger partial charge in [0.25, 0.3) is 0 Å². The summed E-state index contributed by atoms with van der Waals surface area (Å²) in [5.74, 6) is 0.305. The van der Waals surface area contributed by atoms with E-state index in [0.29, 0.717) is 0 Å². The number of Topliss-reactive ketones (excluding diaryl/α,β-unsaturated/α-hetero) is 1. The molecule has 0 aromatic heterocycles. The molecular weight excluding hydrogens is 208 g/mol. The van der Waals surface area contributed by atoms with Crippen LogP contribution in [-0.4, -0.2) is 5.78 Å². The van der Waals surface area contributed by atoms with Crippen LogP contribution < -0.4 is 0 Å². The molecule has 0 bridgehead atoms. The summed E-state index contributed by atoms with van der Waals surface area (Å²) < 4.78 is 0. The SMILES string of the molecule is CCC(C)C(=O)c1cc(C)c(Cl)cc1C. The van der Waals surface area contributed by atoms with Crippen molar-refractivity contribution in [2.75, 3.05) is 0 Å². The third-order valence-electron chi connectivity index (χ3n) is 2.83. The number of rotatable bonds is 3. The highest BCUT2D eigenvalue weighted by molar-refractivity contribution is 6.31. The summed E-state index contributed by atoms with van der Waals surface area (Å²) in [5, 5.41) is 0.730. The van der Waals surface area contributed by atoms with E-state index in [1.165, 1.54) is 0 Å². The highest BCUT2D eigenvalue weighted by Crippen LogP contribution is 2.23. The van der Waals surface area contributed by atoms with Crippen molar-refractivity contribution in [3.8, 4) is 0 Å². The molecule has 1 atom stereocenters. The second-order valence-corrected chi connectivity index (χ2v) is 4.50. The maximum Gasteiger partial charge on any atom is 0.165 e. The molecule has 0 saturated heterocycles. The van der Waals surface area contributed by atoms with Crippen molar-refractivity contribution in [2.24, 2.45) is 5.92 Å². The van der Waals surface area contributed by atoms with Gasteiger partial charge in [0.15, 0.2) is 5.78 Å².